The van der Waals surface area contributed by atoms with Gasteiger partial charge in [-0.15, -0.1) is 16.4 Å². The van der Waals surface area contributed by atoms with Gasteiger partial charge in [-0.2, -0.15) is 5.10 Å². The molecule has 0 spiro atoms. The van der Waals surface area contributed by atoms with Crippen LogP contribution in [0.3, 0.4) is 0 Å². The molecule has 3 N–H and O–H groups in total. The predicted molar refractivity (Wildman–Crippen MR) is 61.2 cm³/mol. The first kappa shape index (κ1) is 10.5. The highest BCUT2D eigenvalue weighted by Gasteiger charge is 2.12. The molecular formula is C9H9N5OS. The van der Waals surface area contributed by atoms with Gasteiger partial charge in [-0.1, -0.05) is 0 Å². The van der Waals surface area contributed by atoms with Gasteiger partial charge in [0.15, 0.2) is 0 Å². The number of thiophene rings is 1. The molecule has 1 amide bonds. The summed E-state index contributed by atoms with van der Waals surface area (Å²) in [5.74, 6) is -0.102. The second-order valence-corrected chi connectivity index (χ2v) is 4.30. The number of nitrogen functional groups attached to an aromatic ring is 1. The Labute approximate surface area is 95.5 Å². The Balaban J connectivity index is 2.15. The molecule has 0 aromatic carbocycles. The van der Waals surface area contributed by atoms with Crippen LogP contribution >= 0.6 is 11.3 Å². The number of aryl methyl sites for hydroxylation is 1. The van der Waals surface area contributed by atoms with E-state index in [2.05, 4.69) is 20.5 Å². The van der Waals surface area contributed by atoms with Crippen molar-refractivity contribution in [2.75, 3.05) is 11.1 Å². The van der Waals surface area contributed by atoms with Crippen LogP contribution in [0.1, 0.15) is 14.5 Å². The predicted octanol–water partition coefficient (Wildman–Crippen LogP) is 1.08. The molecule has 0 aliphatic rings. The summed E-state index contributed by atoms with van der Waals surface area (Å²) in [5, 5.41) is 9.79. The normalized spacial score (nSPS) is 10.1. The second-order valence-electron chi connectivity index (χ2n) is 3.04. The lowest BCUT2D eigenvalue weighted by molar-refractivity contribution is 0.102. The van der Waals surface area contributed by atoms with Gasteiger partial charge in [0.1, 0.15) is 0 Å². The van der Waals surface area contributed by atoms with Crippen LogP contribution in [-0.2, 0) is 0 Å². The number of aromatic nitrogens is 3. The lowest BCUT2D eigenvalue weighted by atomic mass is 10.3. The Morgan fingerprint density at radius 3 is 2.88 bits per heavy atom. The Morgan fingerprint density at radius 1 is 1.50 bits per heavy atom. The Morgan fingerprint density at radius 2 is 2.31 bits per heavy atom. The van der Waals surface area contributed by atoms with Gasteiger partial charge in [0, 0.05) is 10.6 Å². The lowest BCUT2D eigenvalue weighted by Gasteiger charge is -1.98. The molecule has 0 aliphatic heterocycles. The average Bonchev–Trinajstić information content (AvgIpc) is 2.61. The first-order valence-electron chi connectivity index (χ1n) is 4.48. The van der Waals surface area contributed by atoms with Crippen molar-refractivity contribution in [3.8, 4) is 0 Å². The molecule has 0 saturated heterocycles. The van der Waals surface area contributed by atoms with Crippen LogP contribution in [0, 0.1) is 6.92 Å². The molecule has 0 radical (unpaired) electrons. The monoisotopic (exact) mass is 235 g/mol. The molecule has 6 nitrogen and oxygen atoms in total. The minimum atomic E-state index is -0.280. The van der Waals surface area contributed by atoms with Gasteiger partial charge in [-0.05, 0) is 13.0 Å². The Bertz CT molecular complexity index is 490. The number of rotatable bonds is 2. The molecule has 2 rings (SSSR count). The van der Waals surface area contributed by atoms with Crippen LogP contribution in [0.4, 0.5) is 11.6 Å². The van der Waals surface area contributed by atoms with Gasteiger partial charge in [0.2, 0.25) is 5.95 Å². The van der Waals surface area contributed by atoms with Gasteiger partial charge >= 0.3 is 0 Å². The van der Waals surface area contributed by atoms with Crippen molar-refractivity contribution < 1.29 is 4.79 Å². The summed E-state index contributed by atoms with van der Waals surface area (Å²) >= 11 is 1.33. The number of anilines is 2. The van der Waals surface area contributed by atoms with Crippen LogP contribution in [0.2, 0.25) is 0 Å². The fraction of sp³-hybridized carbons (Fsp3) is 0.111. The first-order valence-corrected chi connectivity index (χ1v) is 5.29. The summed E-state index contributed by atoms with van der Waals surface area (Å²) in [6.07, 6.45) is 2.89. The smallest absolute Gasteiger partial charge is 0.268 e. The Kier molecular flexibility index (Phi) is 2.78. The molecule has 0 saturated carbocycles. The van der Waals surface area contributed by atoms with Gasteiger partial charge in [-0.3, -0.25) is 10.1 Å². The summed E-state index contributed by atoms with van der Waals surface area (Å²) in [7, 11) is 0. The standard InChI is InChI=1S/C9H9N5OS/c1-5-6(10)4-7(16-5)8(15)13-9-11-2-3-12-14-9/h2-4H,10H2,1H3,(H,11,13,14,15). The summed E-state index contributed by atoms with van der Waals surface area (Å²) in [6, 6.07) is 1.63. The highest BCUT2D eigenvalue weighted by molar-refractivity contribution is 7.14. The zero-order valence-corrected chi connectivity index (χ0v) is 9.28. The molecule has 16 heavy (non-hydrogen) atoms. The minimum Gasteiger partial charge on any atom is -0.398 e. The third kappa shape index (κ3) is 2.14. The molecule has 82 valence electrons. The second kappa shape index (κ2) is 4.23. The van der Waals surface area contributed by atoms with Gasteiger partial charge in [0.05, 0.1) is 17.3 Å². The number of hydrogen-bond donors (Lipinski definition) is 2. The molecule has 2 aromatic heterocycles. The highest BCUT2D eigenvalue weighted by Crippen LogP contribution is 2.23. The summed E-state index contributed by atoms with van der Waals surface area (Å²) in [5.41, 5.74) is 6.27. The van der Waals surface area contributed by atoms with E-state index in [0.717, 1.165) is 4.88 Å². The van der Waals surface area contributed by atoms with Gasteiger partial charge in [-0.25, -0.2) is 4.98 Å². The topological polar surface area (TPSA) is 93.8 Å². The quantitative estimate of drug-likeness (QED) is 0.812. The van der Waals surface area contributed by atoms with Crippen molar-refractivity contribution >= 4 is 28.9 Å². The zero-order chi connectivity index (χ0) is 11.5. The fourth-order valence-corrected chi connectivity index (χ4v) is 1.91. The SMILES string of the molecule is Cc1sc(C(=O)Nc2nccnn2)cc1N. The maximum absolute atomic E-state index is 11.7. The number of carbonyl (C=O) groups excluding carboxylic acids is 1. The molecule has 0 atom stereocenters. The van der Waals surface area contributed by atoms with Crippen LogP contribution in [0.5, 0.6) is 0 Å². The van der Waals surface area contributed by atoms with E-state index in [1.807, 2.05) is 6.92 Å². The molecule has 0 fully saturated rings. The molecule has 0 bridgehead atoms. The van der Waals surface area contributed by atoms with E-state index in [1.165, 1.54) is 23.7 Å². The average molecular weight is 235 g/mol. The van der Waals surface area contributed by atoms with E-state index in [4.69, 9.17) is 5.73 Å². The van der Waals surface area contributed by atoms with Crippen molar-refractivity contribution in [1.82, 2.24) is 15.2 Å². The molecule has 0 unspecified atom stereocenters. The number of nitrogens with one attached hydrogen (secondary N) is 1. The maximum atomic E-state index is 11.7. The number of carbonyl (C=O) groups is 1. The zero-order valence-electron chi connectivity index (χ0n) is 8.47. The number of nitrogens with two attached hydrogens (primary N) is 1. The molecule has 0 aliphatic carbocycles. The Hall–Kier alpha value is -2.02. The molecule has 2 aromatic rings. The van der Waals surface area contributed by atoms with Crippen LogP contribution in [0.15, 0.2) is 18.5 Å². The summed E-state index contributed by atoms with van der Waals surface area (Å²) in [4.78, 5) is 17.0. The highest BCUT2D eigenvalue weighted by atomic mass is 32.1. The third-order valence-electron chi connectivity index (χ3n) is 1.89. The van der Waals surface area contributed by atoms with E-state index < -0.39 is 0 Å². The third-order valence-corrected chi connectivity index (χ3v) is 2.95. The van der Waals surface area contributed by atoms with E-state index in [1.54, 1.807) is 6.07 Å². The number of amides is 1. The minimum absolute atomic E-state index is 0.178. The largest absolute Gasteiger partial charge is 0.398 e. The fourth-order valence-electron chi connectivity index (χ4n) is 1.08. The summed E-state index contributed by atoms with van der Waals surface area (Å²) in [6.45, 7) is 1.86. The summed E-state index contributed by atoms with van der Waals surface area (Å²) < 4.78 is 0. The lowest BCUT2D eigenvalue weighted by Crippen LogP contribution is -2.12. The van der Waals surface area contributed by atoms with Gasteiger partial charge < -0.3 is 5.73 Å². The first-order chi connectivity index (χ1) is 7.66. The molecule has 7 heteroatoms. The van der Waals surface area contributed by atoms with Crippen molar-refractivity contribution in [1.29, 1.82) is 0 Å². The maximum Gasteiger partial charge on any atom is 0.268 e. The van der Waals surface area contributed by atoms with Gasteiger partial charge in [0.25, 0.3) is 5.91 Å². The van der Waals surface area contributed by atoms with E-state index in [9.17, 15) is 4.79 Å². The molecule has 2 heterocycles. The number of nitrogens with zero attached hydrogens (tertiary/aromatic N) is 3. The molecular weight excluding hydrogens is 226 g/mol. The number of hydrogen-bond acceptors (Lipinski definition) is 6. The van der Waals surface area contributed by atoms with E-state index in [0.29, 0.717) is 10.6 Å². The van der Waals surface area contributed by atoms with E-state index >= 15 is 0 Å². The van der Waals surface area contributed by atoms with Crippen LogP contribution in [-0.4, -0.2) is 21.1 Å². The van der Waals surface area contributed by atoms with E-state index in [-0.39, 0.29) is 11.9 Å². The van der Waals surface area contributed by atoms with Crippen LogP contribution in [0.25, 0.3) is 0 Å². The van der Waals surface area contributed by atoms with Crippen molar-refractivity contribution in [3.63, 3.8) is 0 Å². The van der Waals surface area contributed by atoms with Crippen molar-refractivity contribution in [3.05, 3.63) is 28.2 Å². The van der Waals surface area contributed by atoms with Crippen LogP contribution < -0.4 is 11.1 Å². The van der Waals surface area contributed by atoms with Crippen molar-refractivity contribution in [2.45, 2.75) is 6.92 Å². The van der Waals surface area contributed by atoms with Crippen molar-refractivity contribution in [2.24, 2.45) is 0 Å².